The summed E-state index contributed by atoms with van der Waals surface area (Å²) in [7, 11) is 3.56. The summed E-state index contributed by atoms with van der Waals surface area (Å²) in [5, 5.41) is 0. The summed E-state index contributed by atoms with van der Waals surface area (Å²) in [6, 6.07) is 1.56. The second-order valence-electron chi connectivity index (χ2n) is 4.67. The van der Waals surface area contributed by atoms with Crippen LogP contribution in [-0.2, 0) is 5.41 Å². The lowest BCUT2D eigenvalue weighted by atomic mass is 9.88. The standard InChI is InChI=1S/C11H17FN2/c1-11(2,3)8-6-9(12)10(13-7-8)14(4)5/h6-7H,1-5H3. The number of hydrogen-bond donors (Lipinski definition) is 0. The fraction of sp³-hybridized carbons (Fsp3) is 0.545. The van der Waals surface area contributed by atoms with Crippen LogP contribution < -0.4 is 4.90 Å². The van der Waals surface area contributed by atoms with Crippen LogP contribution in [0.3, 0.4) is 0 Å². The molecule has 0 saturated heterocycles. The first-order valence-electron chi connectivity index (χ1n) is 4.65. The third-order valence-electron chi connectivity index (χ3n) is 2.11. The van der Waals surface area contributed by atoms with Crippen molar-refractivity contribution in [3.63, 3.8) is 0 Å². The van der Waals surface area contributed by atoms with Gasteiger partial charge in [-0.25, -0.2) is 9.37 Å². The second kappa shape index (κ2) is 3.56. The molecule has 1 rings (SSSR count). The minimum atomic E-state index is -0.262. The first-order chi connectivity index (χ1) is 6.32. The molecule has 1 aromatic rings. The molecule has 3 heteroatoms. The third kappa shape index (κ3) is 2.22. The van der Waals surface area contributed by atoms with Gasteiger partial charge in [0.15, 0.2) is 11.6 Å². The van der Waals surface area contributed by atoms with Gasteiger partial charge in [-0.1, -0.05) is 20.8 Å². The van der Waals surface area contributed by atoms with E-state index in [0.29, 0.717) is 5.82 Å². The van der Waals surface area contributed by atoms with Crippen LogP contribution in [0, 0.1) is 5.82 Å². The Morgan fingerprint density at radius 3 is 2.21 bits per heavy atom. The molecule has 0 aliphatic heterocycles. The molecular weight excluding hydrogens is 179 g/mol. The summed E-state index contributed by atoms with van der Waals surface area (Å²) in [6.07, 6.45) is 1.73. The normalized spacial score (nSPS) is 11.6. The highest BCUT2D eigenvalue weighted by Crippen LogP contribution is 2.24. The zero-order chi connectivity index (χ0) is 10.9. The Balaban J connectivity index is 3.13. The van der Waals surface area contributed by atoms with Crippen LogP contribution in [0.2, 0.25) is 0 Å². The van der Waals surface area contributed by atoms with Crippen molar-refractivity contribution in [3.8, 4) is 0 Å². The van der Waals surface area contributed by atoms with Crippen LogP contribution in [0.25, 0.3) is 0 Å². The third-order valence-corrected chi connectivity index (χ3v) is 2.11. The molecule has 0 aromatic carbocycles. The highest BCUT2D eigenvalue weighted by Gasteiger charge is 2.16. The van der Waals surface area contributed by atoms with Crippen LogP contribution in [0.1, 0.15) is 26.3 Å². The van der Waals surface area contributed by atoms with Gasteiger partial charge in [-0.2, -0.15) is 0 Å². The molecule has 0 atom stereocenters. The lowest BCUT2D eigenvalue weighted by Crippen LogP contribution is -2.16. The van der Waals surface area contributed by atoms with Crippen molar-refractivity contribution in [2.24, 2.45) is 0 Å². The first kappa shape index (κ1) is 11.0. The predicted molar refractivity (Wildman–Crippen MR) is 57.2 cm³/mol. The summed E-state index contributed by atoms with van der Waals surface area (Å²) in [5.74, 6) is 0.125. The number of halogens is 1. The van der Waals surface area contributed by atoms with Gasteiger partial charge < -0.3 is 4.90 Å². The molecule has 1 heterocycles. The minimum absolute atomic E-state index is 0.0569. The number of nitrogens with zero attached hydrogens (tertiary/aromatic N) is 2. The molecule has 1 aromatic heterocycles. The van der Waals surface area contributed by atoms with Gasteiger partial charge >= 0.3 is 0 Å². The number of rotatable bonds is 1. The summed E-state index contributed by atoms with van der Waals surface area (Å²) in [4.78, 5) is 5.76. The Morgan fingerprint density at radius 1 is 1.29 bits per heavy atom. The van der Waals surface area contributed by atoms with Crippen LogP contribution in [0.4, 0.5) is 10.2 Å². The van der Waals surface area contributed by atoms with E-state index in [4.69, 9.17) is 0 Å². The molecule has 0 amide bonds. The van der Waals surface area contributed by atoms with E-state index in [1.807, 2.05) is 20.8 Å². The van der Waals surface area contributed by atoms with Crippen LogP contribution >= 0.6 is 0 Å². The molecule has 0 radical (unpaired) electrons. The molecule has 0 aliphatic carbocycles. The van der Waals surface area contributed by atoms with Crippen molar-refractivity contribution in [3.05, 3.63) is 23.6 Å². The van der Waals surface area contributed by atoms with Gasteiger partial charge in [0.25, 0.3) is 0 Å². The van der Waals surface area contributed by atoms with Gasteiger partial charge in [-0.05, 0) is 17.0 Å². The highest BCUT2D eigenvalue weighted by molar-refractivity contribution is 5.40. The molecular formula is C11H17FN2. The second-order valence-corrected chi connectivity index (χ2v) is 4.67. The maximum absolute atomic E-state index is 13.5. The van der Waals surface area contributed by atoms with Gasteiger partial charge in [-0.3, -0.25) is 0 Å². The van der Waals surface area contributed by atoms with Crippen molar-refractivity contribution in [1.29, 1.82) is 0 Å². The Bertz CT molecular complexity index is 327. The average molecular weight is 196 g/mol. The Morgan fingerprint density at radius 2 is 1.86 bits per heavy atom. The topological polar surface area (TPSA) is 16.1 Å². The number of anilines is 1. The van der Waals surface area contributed by atoms with Gasteiger partial charge in [-0.15, -0.1) is 0 Å². The van der Waals surface area contributed by atoms with E-state index in [0.717, 1.165) is 5.56 Å². The lowest BCUT2D eigenvalue weighted by Gasteiger charge is -2.20. The van der Waals surface area contributed by atoms with Gasteiger partial charge in [0.1, 0.15) is 0 Å². The maximum Gasteiger partial charge on any atom is 0.165 e. The van der Waals surface area contributed by atoms with Crippen LogP contribution in [0.15, 0.2) is 12.3 Å². The fourth-order valence-electron chi connectivity index (χ4n) is 1.17. The average Bonchev–Trinajstić information content (AvgIpc) is 2.01. The highest BCUT2D eigenvalue weighted by atomic mass is 19.1. The van der Waals surface area contributed by atoms with Crippen LogP contribution in [0.5, 0.6) is 0 Å². The van der Waals surface area contributed by atoms with Crippen molar-refractivity contribution in [2.45, 2.75) is 26.2 Å². The predicted octanol–water partition coefficient (Wildman–Crippen LogP) is 2.58. The summed E-state index contributed by atoms with van der Waals surface area (Å²) in [5.41, 5.74) is 0.860. The smallest absolute Gasteiger partial charge is 0.165 e. The zero-order valence-corrected chi connectivity index (χ0v) is 9.43. The van der Waals surface area contributed by atoms with Crippen LogP contribution in [-0.4, -0.2) is 19.1 Å². The Labute approximate surface area is 84.8 Å². The van der Waals surface area contributed by atoms with E-state index >= 15 is 0 Å². The van der Waals surface area contributed by atoms with Crippen molar-refractivity contribution >= 4 is 5.82 Å². The van der Waals surface area contributed by atoms with Gasteiger partial charge in [0.05, 0.1) is 0 Å². The number of hydrogen-bond acceptors (Lipinski definition) is 2. The monoisotopic (exact) mass is 196 g/mol. The van der Waals surface area contributed by atoms with Crippen molar-refractivity contribution in [1.82, 2.24) is 4.98 Å². The molecule has 0 N–H and O–H groups in total. The minimum Gasteiger partial charge on any atom is -0.360 e. The quantitative estimate of drug-likeness (QED) is 0.686. The summed E-state index contributed by atoms with van der Waals surface area (Å²) < 4.78 is 13.5. The van der Waals surface area contributed by atoms with Gasteiger partial charge in [0, 0.05) is 20.3 Å². The Kier molecular flexibility index (Phi) is 2.79. The molecule has 2 nitrogen and oxygen atoms in total. The van der Waals surface area contributed by atoms with Gasteiger partial charge in [0.2, 0.25) is 0 Å². The van der Waals surface area contributed by atoms with E-state index in [1.165, 1.54) is 0 Å². The zero-order valence-electron chi connectivity index (χ0n) is 9.43. The van der Waals surface area contributed by atoms with E-state index in [1.54, 1.807) is 31.3 Å². The SMILES string of the molecule is CN(C)c1ncc(C(C)(C)C)cc1F. The fourth-order valence-corrected chi connectivity index (χ4v) is 1.17. The summed E-state index contributed by atoms with van der Waals surface area (Å²) >= 11 is 0. The molecule has 0 unspecified atom stereocenters. The molecule has 0 spiro atoms. The molecule has 78 valence electrons. The van der Waals surface area contributed by atoms with E-state index < -0.39 is 0 Å². The largest absolute Gasteiger partial charge is 0.360 e. The van der Waals surface area contributed by atoms with E-state index in [-0.39, 0.29) is 11.2 Å². The molecule has 0 fully saturated rings. The maximum atomic E-state index is 13.5. The molecule has 0 aliphatic rings. The summed E-state index contributed by atoms with van der Waals surface area (Å²) in [6.45, 7) is 6.12. The lowest BCUT2D eigenvalue weighted by molar-refractivity contribution is 0.565. The van der Waals surface area contributed by atoms with Crippen molar-refractivity contribution in [2.75, 3.05) is 19.0 Å². The molecule has 0 bridgehead atoms. The Hall–Kier alpha value is -1.12. The number of pyridine rings is 1. The first-order valence-corrected chi connectivity index (χ1v) is 4.65. The van der Waals surface area contributed by atoms with E-state index in [2.05, 4.69) is 4.98 Å². The van der Waals surface area contributed by atoms with Crippen molar-refractivity contribution < 1.29 is 4.39 Å². The number of aromatic nitrogens is 1. The molecule has 14 heavy (non-hydrogen) atoms. The molecule has 0 saturated carbocycles. The van der Waals surface area contributed by atoms with E-state index in [9.17, 15) is 4.39 Å².